The van der Waals surface area contributed by atoms with E-state index in [2.05, 4.69) is 5.32 Å². The number of rotatable bonds is 4. The summed E-state index contributed by atoms with van der Waals surface area (Å²) >= 11 is 17.4. The highest BCUT2D eigenvalue weighted by Crippen LogP contribution is 2.30. The van der Waals surface area contributed by atoms with E-state index in [4.69, 9.17) is 39.5 Å². The molecule has 0 unspecified atom stereocenters. The van der Waals surface area contributed by atoms with Gasteiger partial charge < -0.3 is 4.74 Å². The summed E-state index contributed by atoms with van der Waals surface area (Å²) in [6.07, 6.45) is 0. The average Bonchev–Trinajstić information content (AvgIpc) is 2.18. The van der Waals surface area contributed by atoms with Crippen LogP contribution in [-0.4, -0.2) is 13.1 Å². The summed E-state index contributed by atoms with van der Waals surface area (Å²) < 4.78 is 5.02. The molecule has 1 aromatic carbocycles. The topological polar surface area (TPSA) is 21.3 Å². The molecule has 0 saturated heterocycles. The molecular formula is C9H10Cl3NO. The van der Waals surface area contributed by atoms with Crippen LogP contribution in [0.25, 0.3) is 0 Å². The molecule has 0 aliphatic heterocycles. The van der Waals surface area contributed by atoms with Crippen LogP contribution in [0.2, 0.25) is 10.0 Å². The number of methoxy groups -OCH3 is 1. The minimum absolute atomic E-state index is 0.375. The van der Waals surface area contributed by atoms with Crippen LogP contribution < -0.4 is 10.1 Å². The van der Waals surface area contributed by atoms with Gasteiger partial charge in [0.15, 0.2) is 0 Å². The molecule has 2 nitrogen and oxygen atoms in total. The summed E-state index contributed by atoms with van der Waals surface area (Å²) in [7, 11) is 1.55. The molecule has 0 aliphatic rings. The largest absolute Gasteiger partial charge is 0.495 e. The van der Waals surface area contributed by atoms with E-state index in [1.807, 2.05) is 0 Å². The van der Waals surface area contributed by atoms with Crippen molar-refractivity contribution in [3.63, 3.8) is 0 Å². The number of halogens is 3. The third-order valence-corrected chi connectivity index (χ3v) is 2.57. The molecule has 0 bridgehead atoms. The Balaban J connectivity index is 2.90. The molecule has 1 N–H and O–H groups in total. The Labute approximate surface area is 98.1 Å². The number of benzene rings is 1. The van der Waals surface area contributed by atoms with Crippen molar-refractivity contribution in [3.8, 4) is 5.75 Å². The molecule has 14 heavy (non-hydrogen) atoms. The van der Waals surface area contributed by atoms with Gasteiger partial charge in [-0.25, -0.2) is 0 Å². The third kappa shape index (κ3) is 2.92. The van der Waals surface area contributed by atoms with Gasteiger partial charge in [-0.2, -0.15) is 0 Å². The predicted molar refractivity (Wildman–Crippen MR) is 60.6 cm³/mol. The summed E-state index contributed by atoms with van der Waals surface area (Å²) in [6.45, 7) is 0.589. The highest BCUT2D eigenvalue weighted by atomic mass is 35.5. The first-order chi connectivity index (χ1) is 6.69. The van der Waals surface area contributed by atoms with Crippen LogP contribution in [0.5, 0.6) is 5.75 Å². The number of ether oxygens (including phenoxy) is 1. The monoisotopic (exact) mass is 253 g/mol. The van der Waals surface area contributed by atoms with Crippen LogP contribution in [0.15, 0.2) is 12.1 Å². The fourth-order valence-corrected chi connectivity index (χ4v) is 1.62. The summed E-state index contributed by atoms with van der Waals surface area (Å²) in [5.74, 6) is 0.575. The molecule has 0 radical (unpaired) electrons. The number of hydrogen-bond donors (Lipinski definition) is 1. The van der Waals surface area contributed by atoms with E-state index >= 15 is 0 Å². The minimum Gasteiger partial charge on any atom is -0.495 e. The van der Waals surface area contributed by atoms with E-state index in [1.54, 1.807) is 19.2 Å². The zero-order chi connectivity index (χ0) is 10.6. The van der Waals surface area contributed by atoms with Crippen LogP contribution in [0.3, 0.4) is 0 Å². The minimum atomic E-state index is 0.375. The van der Waals surface area contributed by atoms with E-state index in [9.17, 15) is 0 Å². The number of alkyl halides is 1. The van der Waals surface area contributed by atoms with Crippen LogP contribution in [0, 0.1) is 0 Å². The van der Waals surface area contributed by atoms with Crippen LogP contribution in [0.1, 0.15) is 5.56 Å². The molecule has 0 atom stereocenters. The molecule has 0 heterocycles. The van der Waals surface area contributed by atoms with E-state index < -0.39 is 0 Å². The first-order valence-corrected chi connectivity index (χ1v) is 5.26. The molecule has 0 fully saturated rings. The van der Waals surface area contributed by atoms with Crippen molar-refractivity contribution in [2.24, 2.45) is 0 Å². The maximum absolute atomic E-state index is 5.99. The van der Waals surface area contributed by atoms with Crippen molar-refractivity contribution in [1.82, 2.24) is 5.32 Å². The lowest BCUT2D eigenvalue weighted by Gasteiger charge is -2.08. The van der Waals surface area contributed by atoms with Crippen molar-refractivity contribution in [2.75, 3.05) is 13.1 Å². The van der Waals surface area contributed by atoms with Crippen LogP contribution in [-0.2, 0) is 6.54 Å². The van der Waals surface area contributed by atoms with Gasteiger partial charge in [-0.1, -0.05) is 23.2 Å². The Bertz CT molecular complexity index is 317. The van der Waals surface area contributed by atoms with Gasteiger partial charge >= 0.3 is 0 Å². The molecule has 0 amide bonds. The fraction of sp³-hybridized carbons (Fsp3) is 0.333. The molecule has 0 aromatic heterocycles. The van der Waals surface area contributed by atoms with Crippen molar-refractivity contribution < 1.29 is 4.74 Å². The maximum atomic E-state index is 5.99. The second-order valence-electron chi connectivity index (χ2n) is 2.64. The van der Waals surface area contributed by atoms with Gasteiger partial charge in [0.25, 0.3) is 0 Å². The van der Waals surface area contributed by atoms with E-state index in [0.29, 0.717) is 28.3 Å². The first-order valence-electron chi connectivity index (χ1n) is 3.97. The molecule has 1 rings (SSSR count). The van der Waals surface area contributed by atoms with Gasteiger partial charge in [0, 0.05) is 17.6 Å². The normalized spacial score (nSPS) is 10.3. The van der Waals surface area contributed by atoms with Crippen LogP contribution in [0.4, 0.5) is 0 Å². The van der Waals surface area contributed by atoms with Gasteiger partial charge in [0.2, 0.25) is 0 Å². The lowest BCUT2D eigenvalue weighted by molar-refractivity contribution is 0.415. The Morgan fingerprint density at radius 3 is 2.57 bits per heavy atom. The van der Waals surface area contributed by atoms with Crippen molar-refractivity contribution >= 4 is 34.8 Å². The molecule has 78 valence electrons. The Morgan fingerprint density at radius 2 is 2.00 bits per heavy atom. The van der Waals surface area contributed by atoms with Crippen LogP contribution >= 0.6 is 34.8 Å². The van der Waals surface area contributed by atoms with Gasteiger partial charge in [-0.05, 0) is 11.6 Å². The van der Waals surface area contributed by atoms with Gasteiger partial charge in [0.1, 0.15) is 5.75 Å². The zero-order valence-corrected chi connectivity index (χ0v) is 9.88. The zero-order valence-electron chi connectivity index (χ0n) is 7.61. The quantitative estimate of drug-likeness (QED) is 0.658. The number of hydrogen-bond acceptors (Lipinski definition) is 2. The van der Waals surface area contributed by atoms with Gasteiger partial charge in [0.05, 0.1) is 18.1 Å². The van der Waals surface area contributed by atoms with Crippen molar-refractivity contribution in [2.45, 2.75) is 6.54 Å². The van der Waals surface area contributed by atoms with E-state index in [1.165, 1.54) is 0 Å². The Hall–Kier alpha value is -0.150. The molecular weight excluding hydrogens is 244 g/mol. The van der Waals surface area contributed by atoms with Gasteiger partial charge in [-0.3, -0.25) is 5.32 Å². The molecule has 0 saturated carbocycles. The van der Waals surface area contributed by atoms with E-state index in [0.717, 1.165) is 5.56 Å². The van der Waals surface area contributed by atoms with E-state index in [-0.39, 0.29) is 0 Å². The lowest BCUT2D eigenvalue weighted by Crippen LogP contribution is -2.10. The van der Waals surface area contributed by atoms with Crippen molar-refractivity contribution in [1.29, 1.82) is 0 Å². The third-order valence-electron chi connectivity index (χ3n) is 1.73. The fourth-order valence-electron chi connectivity index (χ4n) is 1.04. The lowest BCUT2D eigenvalue weighted by atomic mass is 10.2. The molecule has 1 aromatic rings. The second-order valence-corrected chi connectivity index (χ2v) is 3.72. The molecule has 5 heteroatoms. The standard InChI is InChI=1S/C9H10Cl3NO/c1-14-9-3-7(11)6(2-8(9)12)4-13-5-10/h2-3,13H,4-5H2,1H3. The Morgan fingerprint density at radius 1 is 1.29 bits per heavy atom. The van der Waals surface area contributed by atoms with Crippen molar-refractivity contribution in [3.05, 3.63) is 27.7 Å². The highest BCUT2D eigenvalue weighted by molar-refractivity contribution is 6.34. The first kappa shape index (κ1) is 11.9. The molecule has 0 aliphatic carbocycles. The highest BCUT2D eigenvalue weighted by Gasteiger charge is 2.06. The summed E-state index contributed by atoms with van der Waals surface area (Å²) in [4.78, 5) is 0. The average molecular weight is 255 g/mol. The Kier molecular flexibility index (Phi) is 4.82. The second kappa shape index (κ2) is 5.66. The van der Waals surface area contributed by atoms with Gasteiger partial charge in [-0.15, -0.1) is 11.6 Å². The number of nitrogens with one attached hydrogen (secondary N) is 1. The summed E-state index contributed by atoms with van der Waals surface area (Å²) in [6, 6.07) is 3.83. The smallest absolute Gasteiger partial charge is 0.138 e. The summed E-state index contributed by atoms with van der Waals surface area (Å²) in [5, 5.41) is 4.11. The molecule has 0 spiro atoms. The summed E-state index contributed by atoms with van der Waals surface area (Å²) in [5.41, 5.74) is 0.901. The maximum Gasteiger partial charge on any atom is 0.138 e. The SMILES string of the molecule is COc1cc(Cl)c(CNCCl)cc1Cl. The predicted octanol–water partition coefficient (Wildman–Crippen LogP) is 3.29.